The first-order valence-corrected chi connectivity index (χ1v) is 9.01. The Morgan fingerprint density at radius 3 is 2.36 bits per heavy atom. The third kappa shape index (κ3) is 4.12. The number of carbonyl (C=O) groups excluding carboxylic acids is 2. The van der Waals surface area contributed by atoms with Gasteiger partial charge in [-0.05, 0) is 56.3 Å². The normalized spacial score (nSPS) is 11.9. The van der Waals surface area contributed by atoms with E-state index in [-0.39, 0.29) is 16.3 Å². The molecule has 4 nitrogen and oxygen atoms in total. The van der Waals surface area contributed by atoms with Crippen LogP contribution in [0.25, 0.3) is 10.6 Å². The number of Topliss-reactive ketones (excluding diaryl/α,β-unsaturated/α-hetero) is 1. The summed E-state index contributed by atoms with van der Waals surface area (Å²) in [7, 11) is 0. The lowest BCUT2D eigenvalue weighted by molar-refractivity contribution is 0.0322. The second-order valence-corrected chi connectivity index (χ2v) is 6.98. The van der Waals surface area contributed by atoms with Crippen molar-refractivity contribution < 1.29 is 27.5 Å². The smallest absolute Gasteiger partial charge is 0.350 e. The van der Waals surface area contributed by atoms with E-state index in [0.717, 1.165) is 29.5 Å². The van der Waals surface area contributed by atoms with Gasteiger partial charge in [0.15, 0.2) is 17.7 Å². The first-order chi connectivity index (χ1) is 13.3. The number of ketones is 1. The molecule has 0 amide bonds. The van der Waals surface area contributed by atoms with Crippen LogP contribution in [0, 0.1) is 24.4 Å². The predicted octanol–water partition coefficient (Wildman–Crippen LogP) is 4.96. The maximum absolute atomic E-state index is 13.3. The van der Waals surface area contributed by atoms with Crippen molar-refractivity contribution in [3.05, 3.63) is 76.1 Å². The number of halogens is 3. The third-order valence-corrected chi connectivity index (χ3v) is 5.12. The molecular formula is C20H14F3NO3S. The van der Waals surface area contributed by atoms with Gasteiger partial charge in [0, 0.05) is 11.1 Å². The van der Waals surface area contributed by atoms with Crippen LogP contribution in [0.4, 0.5) is 13.2 Å². The number of esters is 1. The number of nitrogens with zero attached hydrogens (tertiary/aromatic N) is 1. The summed E-state index contributed by atoms with van der Waals surface area (Å²) in [5.41, 5.74) is 0.938. The fraction of sp³-hybridized carbons (Fsp3) is 0.150. The fourth-order valence-corrected chi connectivity index (χ4v) is 3.41. The van der Waals surface area contributed by atoms with Crippen LogP contribution in [0.15, 0.2) is 42.5 Å². The number of aromatic nitrogens is 1. The summed E-state index contributed by atoms with van der Waals surface area (Å²) >= 11 is 1.05. The molecule has 1 aromatic heterocycles. The molecule has 0 fully saturated rings. The highest BCUT2D eigenvalue weighted by atomic mass is 32.1. The average Bonchev–Trinajstić information content (AvgIpc) is 3.05. The van der Waals surface area contributed by atoms with Crippen molar-refractivity contribution in [2.75, 3.05) is 0 Å². The molecule has 0 aliphatic heterocycles. The number of rotatable bonds is 5. The number of hydrogen-bond acceptors (Lipinski definition) is 5. The quantitative estimate of drug-likeness (QED) is 0.445. The average molecular weight is 405 g/mol. The van der Waals surface area contributed by atoms with Crippen LogP contribution in [-0.4, -0.2) is 22.8 Å². The molecule has 0 aliphatic carbocycles. The van der Waals surface area contributed by atoms with E-state index >= 15 is 0 Å². The van der Waals surface area contributed by atoms with E-state index < -0.39 is 29.5 Å². The van der Waals surface area contributed by atoms with Gasteiger partial charge < -0.3 is 4.74 Å². The minimum absolute atomic E-state index is 0.104. The Morgan fingerprint density at radius 2 is 1.71 bits per heavy atom. The lowest BCUT2D eigenvalue weighted by Gasteiger charge is -2.12. The molecule has 0 N–H and O–H groups in total. The van der Waals surface area contributed by atoms with Crippen LogP contribution < -0.4 is 0 Å². The summed E-state index contributed by atoms with van der Waals surface area (Å²) in [6, 6.07) is 8.36. The molecule has 0 radical (unpaired) electrons. The summed E-state index contributed by atoms with van der Waals surface area (Å²) in [5, 5.41) is 0.504. The maximum Gasteiger partial charge on any atom is 0.350 e. The number of thiazole rings is 1. The van der Waals surface area contributed by atoms with Gasteiger partial charge in [-0.15, -0.1) is 11.3 Å². The summed E-state index contributed by atoms with van der Waals surface area (Å²) in [6.07, 6.45) is -1.20. The van der Waals surface area contributed by atoms with Crippen LogP contribution >= 0.6 is 11.3 Å². The molecule has 0 saturated carbocycles. The molecule has 28 heavy (non-hydrogen) atoms. The van der Waals surface area contributed by atoms with Crippen molar-refractivity contribution in [2.45, 2.75) is 20.0 Å². The van der Waals surface area contributed by atoms with Crippen LogP contribution in [0.2, 0.25) is 0 Å². The first kappa shape index (κ1) is 19.8. The topological polar surface area (TPSA) is 56.3 Å². The molecule has 3 rings (SSSR count). The van der Waals surface area contributed by atoms with Crippen LogP contribution in [0.5, 0.6) is 0 Å². The number of hydrogen-bond donors (Lipinski definition) is 0. The molecule has 144 valence electrons. The summed E-state index contributed by atoms with van der Waals surface area (Å²) in [6.45, 7) is 2.96. The van der Waals surface area contributed by atoms with Gasteiger partial charge in [0.05, 0.1) is 5.69 Å². The van der Waals surface area contributed by atoms with Gasteiger partial charge in [0.2, 0.25) is 5.78 Å². The van der Waals surface area contributed by atoms with E-state index in [2.05, 4.69) is 4.98 Å². The minimum Gasteiger partial charge on any atom is -0.450 e. The summed E-state index contributed by atoms with van der Waals surface area (Å²) < 4.78 is 44.5. The molecule has 3 aromatic rings. The van der Waals surface area contributed by atoms with E-state index in [1.165, 1.54) is 31.2 Å². The molecule has 0 aliphatic rings. The molecular weight excluding hydrogens is 391 g/mol. The van der Waals surface area contributed by atoms with Crippen molar-refractivity contribution in [3.8, 4) is 10.6 Å². The highest BCUT2D eigenvalue weighted by Crippen LogP contribution is 2.29. The summed E-state index contributed by atoms with van der Waals surface area (Å²) in [5.74, 6) is -4.04. The predicted molar refractivity (Wildman–Crippen MR) is 97.8 cm³/mol. The second-order valence-electron chi connectivity index (χ2n) is 5.98. The van der Waals surface area contributed by atoms with E-state index in [9.17, 15) is 22.8 Å². The molecule has 1 atom stereocenters. The van der Waals surface area contributed by atoms with Crippen LogP contribution in [-0.2, 0) is 4.74 Å². The van der Waals surface area contributed by atoms with Crippen molar-refractivity contribution >= 4 is 23.1 Å². The molecule has 8 heteroatoms. The number of aryl methyl sites for hydroxylation is 1. The van der Waals surface area contributed by atoms with Gasteiger partial charge in [-0.1, -0.05) is 0 Å². The van der Waals surface area contributed by atoms with Gasteiger partial charge in [-0.2, -0.15) is 0 Å². The van der Waals surface area contributed by atoms with E-state index in [1.54, 1.807) is 6.92 Å². The van der Waals surface area contributed by atoms with Gasteiger partial charge >= 0.3 is 5.97 Å². The monoisotopic (exact) mass is 405 g/mol. The minimum atomic E-state index is -1.20. The third-order valence-electron chi connectivity index (χ3n) is 3.93. The van der Waals surface area contributed by atoms with Gasteiger partial charge in [0.1, 0.15) is 15.7 Å². The first-order valence-electron chi connectivity index (χ1n) is 8.20. The zero-order valence-corrected chi connectivity index (χ0v) is 15.6. The zero-order valence-electron chi connectivity index (χ0n) is 14.8. The number of benzene rings is 2. The zero-order chi connectivity index (χ0) is 20.4. The molecule has 1 heterocycles. The Labute approximate surface area is 162 Å². The molecule has 0 saturated heterocycles. The van der Waals surface area contributed by atoms with Crippen LogP contribution in [0.1, 0.15) is 32.6 Å². The molecule has 0 spiro atoms. The van der Waals surface area contributed by atoms with E-state index in [0.29, 0.717) is 16.3 Å². The van der Waals surface area contributed by atoms with E-state index in [4.69, 9.17) is 4.74 Å². The van der Waals surface area contributed by atoms with Gasteiger partial charge in [-0.3, -0.25) is 4.79 Å². The highest BCUT2D eigenvalue weighted by molar-refractivity contribution is 7.17. The largest absolute Gasteiger partial charge is 0.450 e. The van der Waals surface area contributed by atoms with Crippen LogP contribution in [0.3, 0.4) is 0 Å². The van der Waals surface area contributed by atoms with Crippen molar-refractivity contribution in [1.82, 2.24) is 4.98 Å². The van der Waals surface area contributed by atoms with E-state index in [1.807, 2.05) is 0 Å². The Kier molecular flexibility index (Phi) is 5.60. The van der Waals surface area contributed by atoms with Crippen molar-refractivity contribution in [3.63, 3.8) is 0 Å². The SMILES string of the molecule is Cc1nc(-c2ccc(F)cc2)sc1C(=O)O[C@@H](C)C(=O)c1ccc(F)c(F)c1. The number of ether oxygens (including phenoxy) is 1. The Bertz CT molecular complexity index is 1050. The standard InChI is InChI=1S/C20H14F3NO3S/c1-10-18(28-19(24-10)12-3-6-14(21)7-4-12)20(26)27-11(2)17(25)13-5-8-15(22)16(23)9-13/h3-9,11H,1-2H3/t11-/m0/s1. The summed E-state index contributed by atoms with van der Waals surface area (Å²) in [4.78, 5) is 29.2. The number of carbonyl (C=O) groups is 2. The highest BCUT2D eigenvalue weighted by Gasteiger charge is 2.24. The van der Waals surface area contributed by atoms with Crippen molar-refractivity contribution in [2.24, 2.45) is 0 Å². The van der Waals surface area contributed by atoms with Gasteiger partial charge in [0.25, 0.3) is 0 Å². The Balaban J connectivity index is 1.76. The molecule has 2 aromatic carbocycles. The fourth-order valence-electron chi connectivity index (χ4n) is 2.45. The Hall–Kier alpha value is -3.00. The lowest BCUT2D eigenvalue weighted by atomic mass is 10.1. The maximum atomic E-state index is 13.3. The van der Waals surface area contributed by atoms with Crippen molar-refractivity contribution in [1.29, 1.82) is 0 Å². The van der Waals surface area contributed by atoms with Gasteiger partial charge in [-0.25, -0.2) is 22.9 Å². The Morgan fingerprint density at radius 1 is 1.04 bits per heavy atom. The second kappa shape index (κ2) is 7.93. The molecule has 0 bridgehead atoms. The molecule has 0 unspecified atom stereocenters. The lowest BCUT2D eigenvalue weighted by Crippen LogP contribution is -2.24.